The highest BCUT2D eigenvalue weighted by molar-refractivity contribution is 5.89. The second kappa shape index (κ2) is 5.95. The van der Waals surface area contributed by atoms with Crippen molar-refractivity contribution in [2.75, 3.05) is 11.9 Å². The molecular weight excluding hydrogens is 306 g/mol. The van der Waals surface area contributed by atoms with Crippen molar-refractivity contribution in [2.45, 2.75) is 32.7 Å². The van der Waals surface area contributed by atoms with E-state index in [-0.39, 0.29) is 12.0 Å². The van der Waals surface area contributed by atoms with Gasteiger partial charge in [-0.2, -0.15) is 5.21 Å². The van der Waals surface area contributed by atoms with E-state index in [1.54, 1.807) is 0 Å². The summed E-state index contributed by atoms with van der Waals surface area (Å²) < 4.78 is 2.42. The number of tetrazole rings is 1. The van der Waals surface area contributed by atoms with Crippen LogP contribution in [-0.4, -0.2) is 37.8 Å². The Balaban J connectivity index is 1.48. The van der Waals surface area contributed by atoms with E-state index in [2.05, 4.69) is 60.9 Å². The lowest BCUT2D eigenvalue weighted by atomic mass is 10.0. The fourth-order valence-corrected chi connectivity index (χ4v) is 3.57. The Hall–Kier alpha value is -2.90. The average Bonchev–Trinajstić information content (AvgIpc) is 3.18. The van der Waals surface area contributed by atoms with E-state index in [0.29, 0.717) is 6.54 Å². The number of carbonyl (C=O) groups is 1. The zero-order chi connectivity index (χ0) is 16.5. The predicted molar refractivity (Wildman–Crippen MR) is 89.9 cm³/mol. The molecule has 0 radical (unpaired) electrons. The van der Waals surface area contributed by atoms with E-state index in [9.17, 15) is 4.79 Å². The summed E-state index contributed by atoms with van der Waals surface area (Å²) in [5.41, 5.74) is 5.41. The molecule has 2 aromatic heterocycles. The van der Waals surface area contributed by atoms with E-state index in [0.717, 1.165) is 19.4 Å². The second-order valence-electron chi connectivity index (χ2n) is 6.00. The minimum Gasteiger partial charge on any atom is -0.344 e. The number of H-pyrrole nitrogens is 1. The van der Waals surface area contributed by atoms with Crippen molar-refractivity contribution in [3.05, 3.63) is 35.0 Å². The average molecular weight is 325 g/mol. The van der Waals surface area contributed by atoms with Gasteiger partial charge in [0, 0.05) is 24.2 Å². The molecule has 0 fully saturated rings. The summed E-state index contributed by atoms with van der Waals surface area (Å²) in [5.74, 6) is 0.163. The van der Waals surface area contributed by atoms with Gasteiger partial charge in [-0.15, -0.1) is 5.10 Å². The lowest BCUT2D eigenvalue weighted by Crippen LogP contribution is -2.31. The minimum atomic E-state index is -0.331. The Morgan fingerprint density at radius 2 is 2.33 bits per heavy atom. The first-order chi connectivity index (χ1) is 11.7. The Morgan fingerprint density at radius 3 is 3.17 bits per heavy atom. The van der Waals surface area contributed by atoms with Gasteiger partial charge in [0.25, 0.3) is 5.95 Å². The standard InChI is InChI=1S/C16H19N7O/c1-10-12(7-8-17-16(24)18-15-19-21-22-20-15)13-6-2-4-11-5-3-9-23(10)14(11)13/h2,4,6H,3,5,7-9H2,1H3,(H3,17,18,19,20,21,22,24). The fourth-order valence-electron chi connectivity index (χ4n) is 3.57. The van der Waals surface area contributed by atoms with Gasteiger partial charge in [0.1, 0.15) is 0 Å². The normalized spacial score (nSPS) is 13.2. The van der Waals surface area contributed by atoms with Gasteiger partial charge in [0.05, 0.1) is 5.52 Å². The maximum Gasteiger partial charge on any atom is 0.321 e. The third-order valence-electron chi connectivity index (χ3n) is 4.62. The third kappa shape index (κ3) is 2.49. The molecule has 0 unspecified atom stereocenters. The Labute approximate surface area is 138 Å². The number of para-hydroxylation sites is 1. The highest BCUT2D eigenvalue weighted by Gasteiger charge is 2.19. The van der Waals surface area contributed by atoms with E-state index in [1.165, 1.54) is 34.1 Å². The second-order valence-corrected chi connectivity index (χ2v) is 6.00. The number of hydrogen-bond acceptors (Lipinski definition) is 4. The topological polar surface area (TPSA) is 101 Å². The largest absolute Gasteiger partial charge is 0.344 e. The lowest BCUT2D eigenvalue weighted by Gasteiger charge is -2.16. The van der Waals surface area contributed by atoms with Gasteiger partial charge in [0.2, 0.25) is 0 Å². The Kier molecular flexibility index (Phi) is 3.64. The molecule has 4 rings (SSSR count). The van der Waals surface area contributed by atoms with Crippen molar-refractivity contribution in [3.63, 3.8) is 0 Å². The Morgan fingerprint density at radius 1 is 1.42 bits per heavy atom. The number of aromatic amines is 1. The molecule has 0 atom stereocenters. The number of anilines is 1. The number of rotatable bonds is 4. The summed E-state index contributed by atoms with van der Waals surface area (Å²) in [6, 6.07) is 6.20. The molecule has 8 heteroatoms. The summed E-state index contributed by atoms with van der Waals surface area (Å²) in [4.78, 5) is 11.8. The maximum atomic E-state index is 11.8. The van der Waals surface area contributed by atoms with Crippen LogP contribution in [0, 0.1) is 6.92 Å². The summed E-state index contributed by atoms with van der Waals surface area (Å²) in [6.45, 7) is 3.79. The zero-order valence-electron chi connectivity index (χ0n) is 13.5. The number of hydrogen-bond donors (Lipinski definition) is 3. The molecule has 124 valence electrons. The SMILES string of the molecule is Cc1c(CCNC(=O)Nc2nn[nH]n2)c2cccc3c2n1CCC3. The first-order valence-corrected chi connectivity index (χ1v) is 8.12. The van der Waals surface area contributed by atoms with Gasteiger partial charge < -0.3 is 9.88 Å². The van der Waals surface area contributed by atoms with Crippen LogP contribution in [0.3, 0.4) is 0 Å². The zero-order valence-corrected chi connectivity index (χ0v) is 13.5. The van der Waals surface area contributed by atoms with Crippen molar-refractivity contribution in [3.8, 4) is 0 Å². The lowest BCUT2D eigenvalue weighted by molar-refractivity contribution is 0.252. The Bertz CT molecular complexity index is 882. The van der Waals surface area contributed by atoms with Crippen molar-refractivity contribution in [1.29, 1.82) is 0 Å². The molecule has 8 nitrogen and oxygen atoms in total. The first-order valence-electron chi connectivity index (χ1n) is 8.12. The van der Waals surface area contributed by atoms with Gasteiger partial charge in [-0.05, 0) is 42.5 Å². The van der Waals surface area contributed by atoms with Gasteiger partial charge >= 0.3 is 6.03 Å². The predicted octanol–water partition coefficient (Wildman–Crippen LogP) is 1.77. The highest BCUT2D eigenvalue weighted by Crippen LogP contribution is 2.32. The molecule has 0 bridgehead atoms. The van der Waals surface area contributed by atoms with Crippen molar-refractivity contribution in [1.82, 2.24) is 30.5 Å². The number of nitrogens with zero attached hydrogens (tertiary/aromatic N) is 4. The summed E-state index contributed by atoms with van der Waals surface area (Å²) >= 11 is 0. The van der Waals surface area contributed by atoms with E-state index in [4.69, 9.17) is 0 Å². The number of benzene rings is 1. The monoisotopic (exact) mass is 325 g/mol. The molecule has 3 aromatic rings. The van der Waals surface area contributed by atoms with Crippen molar-refractivity contribution in [2.24, 2.45) is 0 Å². The smallest absolute Gasteiger partial charge is 0.321 e. The molecule has 3 N–H and O–H groups in total. The molecule has 1 aromatic carbocycles. The van der Waals surface area contributed by atoms with Crippen molar-refractivity contribution < 1.29 is 4.79 Å². The van der Waals surface area contributed by atoms with Crippen LogP contribution in [0.5, 0.6) is 0 Å². The third-order valence-corrected chi connectivity index (χ3v) is 4.62. The summed E-state index contributed by atoms with van der Waals surface area (Å²) in [5, 5.41) is 19.7. The van der Waals surface area contributed by atoms with E-state index in [1.807, 2.05) is 0 Å². The molecular formula is C16H19N7O. The molecule has 3 heterocycles. The van der Waals surface area contributed by atoms with E-state index >= 15 is 0 Å². The van der Waals surface area contributed by atoms with Gasteiger partial charge in [-0.3, -0.25) is 5.32 Å². The summed E-state index contributed by atoms with van der Waals surface area (Å²) in [7, 11) is 0. The quantitative estimate of drug-likeness (QED) is 0.680. The van der Waals surface area contributed by atoms with Crippen LogP contribution in [0.4, 0.5) is 10.7 Å². The number of carbonyl (C=O) groups excluding carboxylic acids is 1. The molecule has 24 heavy (non-hydrogen) atoms. The van der Waals surface area contributed by atoms with Crippen LogP contribution in [0.15, 0.2) is 18.2 Å². The molecule has 1 aliphatic rings. The molecule has 0 spiro atoms. The van der Waals surface area contributed by atoms with Gasteiger partial charge in [-0.1, -0.05) is 23.3 Å². The first kappa shape index (κ1) is 14.7. The van der Waals surface area contributed by atoms with Gasteiger partial charge in [-0.25, -0.2) is 4.79 Å². The van der Waals surface area contributed by atoms with Crippen LogP contribution in [-0.2, 0) is 19.4 Å². The molecule has 0 saturated carbocycles. The van der Waals surface area contributed by atoms with Crippen LogP contribution in [0.1, 0.15) is 23.2 Å². The van der Waals surface area contributed by atoms with Crippen LogP contribution in [0.2, 0.25) is 0 Å². The molecule has 0 aliphatic carbocycles. The number of amides is 2. The highest BCUT2D eigenvalue weighted by atomic mass is 16.2. The number of urea groups is 1. The number of aryl methyl sites for hydroxylation is 2. The molecule has 2 amide bonds. The van der Waals surface area contributed by atoms with E-state index < -0.39 is 0 Å². The van der Waals surface area contributed by atoms with Crippen LogP contribution >= 0.6 is 0 Å². The van der Waals surface area contributed by atoms with Crippen LogP contribution < -0.4 is 10.6 Å². The minimum absolute atomic E-state index is 0.163. The van der Waals surface area contributed by atoms with Crippen molar-refractivity contribution >= 4 is 22.9 Å². The summed E-state index contributed by atoms with van der Waals surface area (Å²) in [6.07, 6.45) is 3.12. The number of nitrogens with one attached hydrogen (secondary N) is 3. The van der Waals surface area contributed by atoms with Gasteiger partial charge in [0.15, 0.2) is 0 Å². The molecule has 0 saturated heterocycles. The van der Waals surface area contributed by atoms with Crippen LogP contribution in [0.25, 0.3) is 10.9 Å². The number of aromatic nitrogens is 5. The fraction of sp³-hybridized carbons (Fsp3) is 0.375. The molecule has 1 aliphatic heterocycles. The maximum absolute atomic E-state index is 11.8.